The van der Waals surface area contributed by atoms with Crippen molar-refractivity contribution in [3.8, 4) is 5.88 Å². The maximum atomic E-state index is 11.5. The van der Waals surface area contributed by atoms with E-state index in [4.69, 9.17) is 9.47 Å². The Morgan fingerprint density at radius 1 is 1.42 bits per heavy atom. The lowest BCUT2D eigenvalue weighted by Gasteiger charge is -2.21. The Kier molecular flexibility index (Phi) is 5.53. The maximum absolute atomic E-state index is 11.5. The average molecular weight is 332 g/mol. The molecule has 6 nitrogen and oxygen atoms in total. The largest absolute Gasteiger partial charge is 0.474 e. The number of aromatic nitrogens is 2. The first-order valence-corrected chi connectivity index (χ1v) is 6.65. The highest BCUT2D eigenvalue weighted by Crippen LogP contribution is 2.09. The Labute approximate surface area is 121 Å². The molecule has 1 heterocycles. The van der Waals surface area contributed by atoms with Crippen LogP contribution < -0.4 is 10.1 Å². The summed E-state index contributed by atoms with van der Waals surface area (Å²) in [5, 5.41) is 2.67. The molecule has 0 aliphatic rings. The van der Waals surface area contributed by atoms with Gasteiger partial charge in [-0.1, -0.05) is 0 Å². The molecule has 19 heavy (non-hydrogen) atoms. The molecular formula is C12H18BrN3O3. The van der Waals surface area contributed by atoms with E-state index in [2.05, 4.69) is 31.2 Å². The number of nitrogens with zero attached hydrogens (tertiary/aromatic N) is 2. The number of alkyl carbamates (subject to hydrolysis) is 1. The Morgan fingerprint density at radius 2 is 2.11 bits per heavy atom. The number of hydrogen-bond donors (Lipinski definition) is 1. The van der Waals surface area contributed by atoms with Gasteiger partial charge in [-0.05, 0) is 43.6 Å². The van der Waals surface area contributed by atoms with E-state index in [9.17, 15) is 4.79 Å². The SMILES string of the molecule is C[C@@H](COc1cnc(Br)cn1)NC(=O)OC(C)(C)C. The van der Waals surface area contributed by atoms with Gasteiger partial charge < -0.3 is 14.8 Å². The predicted molar refractivity (Wildman–Crippen MR) is 74.1 cm³/mol. The fourth-order valence-electron chi connectivity index (χ4n) is 1.14. The lowest BCUT2D eigenvalue weighted by molar-refractivity contribution is 0.0493. The van der Waals surface area contributed by atoms with Crippen molar-refractivity contribution in [2.75, 3.05) is 6.61 Å². The number of nitrogens with one attached hydrogen (secondary N) is 1. The molecule has 1 amide bonds. The van der Waals surface area contributed by atoms with E-state index in [1.807, 2.05) is 27.7 Å². The molecule has 1 N–H and O–H groups in total. The van der Waals surface area contributed by atoms with Gasteiger partial charge in [0.1, 0.15) is 16.8 Å². The second kappa shape index (κ2) is 6.70. The van der Waals surface area contributed by atoms with E-state index in [0.29, 0.717) is 10.5 Å². The lowest BCUT2D eigenvalue weighted by atomic mass is 10.2. The van der Waals surface area contributed by atoms with Crippen molar-refractivity contribution in [1.82, 2.24) is 15.3 Å². The minimum absolute atomic E-state index is 0.194. The predicted octanol–water partition coefficient (Wildman–Crippen LogP) is 2.53. The van der Waals surface area contributed by atoms with Gasteiger partial charge in [-0.15, -0.1) is 0 Å². The summed E-state index contributed by atoms with van der Waals surface area (Å²) in [6.45, 7) is 7.53. The third kappa shape index (κ3) is 6.95. The molecule has 0 saturated heterocycles. The Balaban J connectivity index is 2.33. The van der Waals surface area contributed by atoms with Gasteiger partial charge in [0.05, 0.1) is 18.4 Å². The molecule has 7 heteroatoms. The van der Waals surface area contributed by atoms with Crippen molar-refractivity contribution < 1.29 is 14.3 Å². The van der Waals surface area contributed by atoms with E-state index in [0.717, 1.165) is 0 Å². The van der Waals surface area contributed by atoms with Crippen LogP contribution in [-0.4, -0.2) is 34.3 Å². The molecule has 0 spiro atoms. The number of amides is 1. The first kappa shape index (κ1) is 15.7. The molecule has 1 aromatic heterocycles. The maximum Gasteiger partial charge on any atom is 0.407 e. The Hall–Kier alpha value is -1.37. The van der Waals surface area contributed by atoms with E-state index in [1.54, 1.807) is 6.20 Å². The quantitative estimate of drug-likeness (QED) is 0.917. The fraction of sp³-hybridized carbons (Fsp3) is 0.583. The van der Waals surface area contributed by atoms with E-state index < -0.39 is 11.7 Å². The van der Waals surface area contributed by atoms with E-state index >= 15 is 0 Å². The van der Waals surface area contributed by atoms with E-state index in [-0.39, 0.29) is 12.6 Å². The molecule has 0 saturated carbocycles. The van der Waals surface area contributed by atoms with E-state index in [1.165, 1.54) is 6.20 Å². The Bertz CT molecular complexity index is 417. The van der Waals surface area contributed by atoms with Gasteiger partial charge in [-0.3, -0.25) is 0 Å². The third-order valence-corrected chi connectivity index (χ3v) is 2.25. The van der Waals surface area contributed by atoms with Gasteiger partial charge in [0, 0.05) is 0 Å². The van der Waals surface area contributed by atoms with Crippen LogP contribution in [0.2, 0.25) is 0 Å². The Morgan fingerprint density at radius 3 is 2.63 bits per heavy atom. The van der Waals surface area contributed by atoms with Crippen LogP contribution in [0.15, 0.2) is 17.0 Å². The van der Waals surface area contributed by atoms with Gasteiger partial charge in [0.25, 0.3) is 0 Å². The zero-order valence-corrected chi connectivity index (χ0v) is 13.0. The molecule has 1 aromatic rings. The summed E-state index contributed by atoms with van der Waals surface area (Å²) in [6, 6.07) is -0.194. The van der Waals surface area contributed by atoms with Crippen molar-refractivity contribution in [2.45, 2.75) is 39.3 Å². The normalized spacial score (nSPS) is 12.7. The number of carbonyl (C=O) groups is 1. The zero-order chi connectivity index (χ0) is 14.5. The average Bonchev–Trinajstić information content (AvgIpc) is 2.25. The number of rotatable bonds is 4. The molecule has 0 aliphatic carbocycles. The minimum atomic E-state index is -0.512. The summed E-state index contributed by atoms with van der Waals surface area (Å²) >= 11 is 3.18. The minimum Gasteiger partial charge on any atom is -0.474 e. The smallest absolute Gasteiger partial charge is 0.407 e. The van der Waals surface area contributed by atoms with Gasteiger partial charge in [-0.2, -0.15) is 0 Å². The fourth-order valence-corrected chi connectivity index (χ4v) is 1.34. The first-order chi connectivity index (χ1) is 8.76. The van der Waals surface area contributed by atoms with Crippen LogP contribution in [0, 0.1) is 0 Å². The van der Waals surface area contributed by atoms with Crippen LogP contribution in [0.5, 0.6) is 5.88 Å². The molecule has 0 aromatic carbocycles. The summed E-state index contributed by atoms with van der Waals surface area (Å²) < 4.78 is 11.2. The van der Waals surface area contributed by atoms with Gasteiger partial charge in [0.2, 0.25) is 5.88 Å². The highest BCUT2D eigenvalue weighted by atomic mass is 79.9. The summed E-state index contributed by atoms with van der Waals surface area (Å²) in [5.74, 6) is 0.404. The van der Waals surface area contributed by atoms with Crippen LogP contribution in [0.1, 0.15) is 27.7 Å². The number of carbonyl (C=O) groups excluding carboxylic acids is 1. The van der Waals surface area contributed by atoms with Gasteiger partial charge >= 0.3 is 6.09 Å². The zero-order valence-electron chi connectivity index (χ0n) is 11.4. The molecule has 0 fully saturated rings. The van der Waals surface area contributed by atoms with Crippen LogP contribution >= 0.6 is 15.9 Å². The summed E-state index contributed by atoms with van der Waals surface area (Å²) in [4.78, 5) is 19.5. The third-order valence-electron chi connectivity index (χ3n) is 1.84. The summed E-state index contributed by atoms with van der Waals surface area (Å²) in [7, 11) is 0. The highest BCUT2D eigenvalue weighted by molar-refractivity contribution is 9.10. The second-order valence-corrected chi connectivity index (χ2v) is 5.85. The molecular weight excluding hydrogens is 314 g/mol. The summed E-state index contributed by atoms with van der Waals surface area (Å²) in [6.07, 6.45) is 2.58. The van der Waals surface area contributed by atoms with Crippen molar-refractivity contribution >= 4 is 22.0 Å². The van der Waals surface area contributed by atoms with Crippen LogP contribution in [0.4, 0.5) is 4.79 Å². The first-order valence-electron chi connectivity index (χ1n) is 5.86. The van der Waals surface area contributed by atoms with Crippen LogP contribution in [0.3, 0.4) is 0 Å². The number of halogens is 1. The molecule has 1 atom stereocenters. The molecule has 0 unspecified atom stereocenters. The molecule has 1 rings (SSSR count). The van der Waals surface area contributed by atoms with Crippen LogP contribution in [0.25, 0.3) is 0 Å². The topological polar surface area (TPSA) is 73.3 Å². The van der Waals surface area contributed by atoms with Gasteiger partial charge in [0.15, 0.2) is 0 Å². The lowest BCUT2D eigenvalue weighted by Crippen LogP contribution is -2.40. The monoisotopic (exact) mass is 331 g/mol. The molecule has 0 bridgehead atoms. The van der Waals surface area contributed by atoms with Crippen molar-refractivity contribution in [2.24, 2.45) is 0 Å². The van der Waals surface area contributed by atoms with Crippen molar-refractivity contribution in [3.63, 3.8) is 0 Å². The second-order valence-electron chi connectivity index (χ2n) is 5.04. The van der Waals surface area contributed by atoms with Gasteiger partial charge in [-0.25, -0.2) is 14.8 Å². The van der Waals surface area contributed by atoms with Crippen molar-refractivity contribution in [1.29, 1.82) is 0 Å². The number of ether oxygens (including phenoxy) is 2. The molecule has 0 radical (unpaired) electrons. The highest BCUT2D eigenvalue weighted by Gasteiger charge is 2.17. The standard InChI is InChI=1S/C12H18BrN3O3/c1-8(16-11(17)19-12(2,3)4)7-18-10-6-14-9(13)5-15-10/h5-6,8H,7H2,1-4H3,(H,16,17)/t8-/m0/s1. The molecule has 0 aliphatic heterocycles. The number of hydrogen-bond acceptors (Lipinski definition) is 5. The van der Waals surface area contributed by atoms with Crippen molar-refractivity contribution in [3.05, 3.63) is 17.0 Å². The molecule has 106 valence electrons. The van der Waals surface area contributed by atoms with Crippen LogP contribution in [-0.2, 0) is 4.74 Å². The summed E-state index contributed by atoms with van der Waals surface area (Å²) in [5.41, 5.74) is -0.512.